The molecule has 0 saturated carbocycles. The van der Waals surface area contributed by atoms with E-state index in [-0.39, 0.29) is 5.38 Å². The van der Waals surface area contributed by atoms with Gasteiger partial charge in [0, 0.05) is 30.0 Å². The van der Waals surface area contributed by atoms with Crippen LogP contribution in [-0.2, 0) is 6.54 Å². The molecule has 1 atom stereocenters. The van der Waals surface area contributed by atoms with E-state index in [1.807, 2.05) is 12.3 Å². The lowest BCUT2D eigenvalue weighted by molar-refractivity contribution is 0.534. The number of aromatic nitrogens is 1. The molecule has 0 bridgehead atoms. The number of nitrogens with one attached hydrogen (secondary N) is 1. The Morgan fingerprint density at radius 2 is 2.00 bits per heavy atom. The average Bonchev–Trinajstić information content (AvgIpc) is 2.38. The Balaban J connectivity index is 1.95. The van der Waals surface area contributed by atoms with Crippen LogP contribution in [0, 0.1) is 5.92 Å². The third-order valence-corrected chi connectivity index (χ3v) is 3.46. The summed E-state index contributed by atoms with van der Waals surface area (Å²) in [7, 11) is 0. The van der Waals surface area contributed by atoms with Crippen molar-refractivity contribution in [2.75, 3.05) is 6.54 Å². The number of halogens is 1. The summed E-state index contributed by atoms with van der Waals surface area (Å²) in [6.07, 6.45) is 2.89. The molecule has 1 N–H and O–H groups in total. The maximum Gasteiger partial charge on any atom is 0.0746 e. The first-order valence-corrected chi connectivity index (χ1v) is 7.28. The van der Waals surface area contributed by atoms with Gasteiger partial charge in [-0.05, 0) is 24.0 Å². The van der Waals surface area contributed by atoms with Crippen LogP contribution in [0.3, 0.4) is 0 Å². The summed E-state index contributed by atoms with van der Waals surface area (Å²) in [6, 6.07) is 10.3. The Morgan fingerprint density at radius 3 is 2.79 bits per heavy atom. The normalized spacial score (nSPS) is 13.1. The fourth-order valence-electron chi connectivity index (χ4n) is 2.27. The molecule has 2 rings (SSSR count). The second kappa shape index (κ2) is 6.88. The topological polar surface area (TPSA) is 24.9 Å². The van der Waals surface area contributed by atoms with Crippen molar-refractivity contribution < 1.29 is 0 Å². The van der Waals surface area contributed by atoms with E-state index >= 15 is 0 Å². The van der Waals surface area contributed by atoms with Crippen molar-refractivity contribution in [2.24, 2.45) is 5.92 Å². The molecule has 1 unspecified atom stereocenters. The van der Waals surface area contributed by atoms with Gasteiger partial charge >= 0.3 is 0 Å². The average molecular weight is 277 g/mol. The monoisotopic (exact) mass is 276 g/mol. The fourth-order valence-corrected chi connectivity index (χ4v) is 2.73. The van der Waals surface area contributed by atoms with Crippen molar-refractivity contribution in [3.8, 4) is 0 Å². The van der Waals surface area contributed by atoms with E-state index in [1.165, 1.54) is 10.9 Å². The summed E-state index contributed by atoms with van der Waals surface area (Å²) < 4.78 is 0. The van der Waals surface area contributed by atoms with Crippen LogP contribution >= 0.6 is 11.6 Å². The van der Waals surface area contributed by atoms with Gasteiger partial charge in [-0.3, -0.25) is 4.98 Å². The summed E-state index contributed by atoms with van der Waals surface area (Å²) in [5.41, 5.74) is 2.30. The second-order valence-electron chi connectivity index (χ2n) is 5.35. The summed E-state index contributed by atoms with van der Waals surface area (Å²) in [5.74, 6) is 0.642. The Bertz CT molecular complexity index is 520. The van der Waals surface area contributed by atoms with Gasteiger partial charge < -0.3 is 5.32 Å². The molecule has 0 amide bonds. The lowest BCUT2D eigenvalue weighted by Crippen LogP contribution is -2.24. The molecule has 0 aliphatic heterocycles. The third kappa shape index (κ3) is 4.19. The highest BCUT2D eigenvalue weighted by atomic mass is 35.5. The summed E-state index contributed by atoms with van der Waals surface area (Å²) in [6.45, 7) is 6.05. The van der Waals surface area contributed by atoms with Crippen molar-refractivity contribution in [1.82, 2.24) is 10.3 Å². The molecule has 19 heavy (non-hydrogen) atoms. The van der Waals surface area contributed by atoms with Crippen molar-refractivity contribution in [2.45, 2.75) is 32.2 Å². The number of rotatable bonds is 6. The van der Waals surface area contributed by atoms with Crippen LogP contribution < -0.4 is 5.32 Å². The first-order chi connectivity index (χ1) is 9.16. The van der Waals surface area contributed by atoms with E-state index in [4.69, 9.17) is 11.6 Å². The molecule has 1 aromatic carbocycles. The molecule has 1 heterocycles. The zero-order chi connectivity index (χ0) is 13.7. The smallest absolute Gasteiger partial charge is 0.0746 e. The minimum Gasteiger partial charge on any atom is -0.311 e. The van der Waals surface area contributed by atoms with Gasteiger partial charge in [0.1, 0.15) is 0 Å². The fraction of sp³-hybridized carbons (Fsp3) is 0.438. The Labute approximate surface area is 120 Å². The standard InChI is InChI=1S/C16H21ClN2/c1-12(2)9-15(17)11-18-10-14-6-3-5-13-7-4-8-19-16(13)14/h3-8,12,15,18H,9-11H2,1-2H3. The van der Waals surface area contributed by atoms with E-state index < -0.39 is 0 Å². The van der Waals surface area contributed by atoms with Gasteiger partial charge in [0.25, 0.3) is 0 Å². The molecular weight excluding hydrogens is 256 g/mol. The molecule has 1 aromatic heterocycles. The molecule has 2 nitrogen and oxygen atoms in total. The number of benzene rings is 1. The van der Waals surface area contributed by atoms with Crippen molar-refractivity contribution in [3.05, 3.63) is 42.1 Å². The highest BCUT2D eigenvalue weighted by molar-refractivity contribution is 6.20. The van der Waals surface area contributed by atoms with Crippen molar-refractivity contribution in [3.63, 3.8) is 0 Å². The van der Waals surface area contributed by atoms with Gasteiger partial charge in [-0.15, -0.1) is 11.6 Å². The van der Waals surface area contributed by atoms with Crippen LogP contribution in [0.4, 0.5) is 0 Å². The number of nitrogens with zero attached hydrogens (tertiary/aromatic N) is 1. The van der Waals surface area contributed by atoms with Crippen molar-refractivity contribution in [1.29, 1.82) is 0 Å². The summed E-state index contributed by atoms with van der Waals surface area (Å²) in [5, 5.41) is 4.81. The van der Waals surface area contributed by atoms with E-state index in [9.17, 15) is 0 Å². The molecule has 0 aliphatic carbocycles. The van der Waals surface area contributed by atoms with E-state index in [1.54, 1.807) is 0 Å². The first kappa shape index (κ1) is 14.3. The largest absolute Gasteiger partial charge is 0.311 e. The van der Waals surface area contributed by atoms with Gasteiger partial charge in [0.15, 0.2) is 0 Å². The molecule has 2 aromatic rings. The molecule has 0 spiro atoms. The van der Waals surface area contributed by atoms with Crippen LogP contribution in [-0.4, -0.2) is 16.9 Å². The number of pyridine rings is 1. The predicted molar refractivity (Wildman–Crippen MR) is 82.5 cm³/mol. The SMILES string of the molecule is CC(C)CC(Cl)CNCc1cccc2cccnc12. The lowest BCUT2D eigenvalue weighted by atomic mass is 10.1. The second-order valence-corrected chi connectivity index (χ2v) is 5.97. The maximum absolute atomic E-state index is 6.28. The molecule has 0 radical (unpaired) electrons. The van der Waals surface area contributed by atoms with E-state index in [0.29, 0.717) is 5.92 Å². The van der Waals surface area contributed by atoms with Crippen LogP contribution in [0.25, 0.3) is 10.9 Å². The Kier molecular flexibility index (Phi) is 5.17. The van der Waals surface area contributed by atoms with Crippen LogP contribution in [0.5, 0.6) is 0 Å². The zero-order valence-electron chi connectivity index (χ0n) is 11.6. The quantitative estimate of drug-likeness (QED) is 0.808. The number of alkyl halides is 1. The van der Waals surface area contributed by atoms with Gasteiger partial charge in [-0.2, -0.15) is 0 Å². The van der Waals surface area contributed by atoms with Crippen LogP contribution in [0.2, 0.25) is 0 Å². The van der Waals surface area contributed by atoms with Crippen molar-refractivity contribution >= 4 is 22.5 Å². The third-order valence-electron chi connectivity index (χ3n) is 3.12. The van der Waals surface area contributed by atoms with Gasteiger partial charge in [0.05, 0.1) is 5.52 Å². The Morgan fingerprint density at radius 1 is 1.21 bits per heavy atom. The number of hydrogen-bond donors (Lipinski definition) is 1. The maximum atomic E-state index is 6.28. The highest BCUT2D eigenvalue weighted by Gasteiger charge is 2.07. The summed E-state index contributed by atoms with van der Waals surface area (Å²) >= 11 is 6.28. The highest BCUT2D eigenvalue weighted by Crippen LogP contribution is 2.16. The predicted octanol–water partition coefficient (Wildman–Crippen LogP) is 3.98. The molecule has 102 valence electrons. The van der Waals surface area contributed by atoms with Crippen LogP contribution in [0.1, 0.15) is 25.8 Å². The number of fused-ring (bicyclic) bond motifs is 1. The lowest BCUT2D eigenvalue weighted by Gasteiger charge is -2.13. The Hall–Kier alpha value is -1.12. The van der Waals surface area contributed by atoms with Gasteiger partial charge in [-0.25, -0.2) is 0 Å². The summed E-state index contributed by atoms with van der Waals surface area (Å²) in [4.78, 5) is 4.45. The molecule has 0 aliphatic rings. The zero-order valence-corrected chi connectivity index (χ0v) is 12.3. The number of hydrogen-bond acceptors (Lipinski definition) is 2. The molecular formula is C16H21ClN2. The van der Waals surface area contributed by atoms with E-state index in [0.717, 1.165) is 25.0 Å². The van der Waals surface area contributed by atoms with Gasteiger partial charge in [0.2, 0.25) is 0 Å². The van der Waals surface area contributed by atoms with E-state index in [2.05, 4.69) is 48.4 Å². The first-order valence-electron chi connectivity index (χ1n) is 6.84. The molecule has 0 saturated heterocycles. The molecule has 0 fully saturated rings. The minimum absolute atomic E-state index is 0.197. The van der Waals surface area contributed by atoms with Crippen LogP contribution in [0.15, 0.2) is 36.5 Å². The van der Waals surface area contributed by atoms with Gasteiger partial charge in [-0.1, -0.05) is 38.1 Å². The number of para-hydroxylation sites is 1. The molecule has 3 heteroatoms. The minimum atomic E-state index is 0.197.